The Morgan fingerprint density at radius 3 is 2.50 bits per heavy atom. The van der Waals surface area contributed by atoms with E-state index < -0.39 is 10.0 Å². The van der Waals surface area contributed by atoms with Crippen LogP contribution in [0.15, 0.2) is 58.4 Å². The molecule has 0 aliphatic carbocycles. The number of para-hydroxylation sites is 1. The van der Waals surface area contributed by atoms with Crippen LogP contribution in [0.5, 0.6) is 5.75 Å². The van der Waals surface area contributed by atoms with Gasteiger partial charge in [0.1, 0.15) is 5.75 Å². The van der Waals surface area contributed by atoms with Crippen molar-refractivity contribution in [3.63, 3.8) is 0 Å². The van der Waals surface area contributed by atoms with E-state index in [1.807, 2.05) is 31.2 Å². The molecule has 0 atom stereocenters. The van der Waals surface area contributed by atoms with E-state index in [9.17, 15) is 8.42 Å². The van der Waals surface area contributed by atoms with Gasteiger partial charge >= 0.3 is 0 Å². The van der Waals surface area contributed by atoms with Crippen LogP contribution < -0.4 is 4.74 Å². The lowest BCUT2D eigenvalue weighted by Gasteiger charge is -2.26. The number of ether oxygens (including phenoxy) is 2. The van der Waals surface area contributed by atoms with Gasteiger partial charge in [-0.3, -0.25) is 4.99 Å². The third-order valence-electron chi connectivity index (χ3n) is 4.02. The van der Waals surface area contributed by atoms with E-state index in [-0.39, 0.29) is 4.90 Å². The molecule has 26 heavy (non-hydrogen) atoms. The lowest BCUT2D eigenvalue weighted by molar-refractivity contribution is 0.0730. The summed E-state index contributed by atoms with van der Waals surface area (Å²) in [7, 11) is -3.48. The van der Waals surface area contributed by atoms with E-state index in [1.54, 1.807) is 30.5 Å². The maximum Gasteiger partial charge on any atom is 0.243 e. The minimum Gasteiger partial charge on any atom is -0.493 e. The first-order valence-corrected chi connectivity index (χ1v) is 9.99. The number of rotatable bonds is 6. The zero-order valence-electron chi connectivity index (χ0n) is 14.7. The third kappa shape index (κ3) is 4.30. The highest BCUT2D eigenvalue weighted by Gasteiger charge is 2.25. The van der Waals surface area contributed by atoms with Crippen molar-refractivity contribution in [1.82, 2.24) is 4.31 Å². The number of sulfonamides is 1. The summed E-state index contributed by atoms with van der Waals surface area (Å²) in [6.07, 6.45) is 1.72. The highest BCUT2D eigenvalue weighted by atomic mass is 32.2. The van der Waals surface area contributed by atoms with Crippen LogP contribution >= 0.6 is 0 Å². The molecule has 1 fully saturated rings. The number of hydrogen-bond acceptors (Lipinski definition) is 5. The SMILES string of the molecule is CCOc1ccccc1C=Nc1ccc(S(=O)(=O)N2CCOCC2)cc1. The topological polar surface area (TPSA) is 68.2 Å². The first-order valence-electron chi connectivity index (χ1n) is 8.55. The maximum absolute atomic E-state index is 12.6. The van der Waals surface area contributed by atoms with Gasteiger partial charge in [0, 0.05) is 24.9 Å². The summed E-state index contributed by atoms with van der Waals surface area (Å²) in [6, 6.07) is 14.2. The Morgan fingerprint density at radius 2 is 1.81 bits per heavy atom. The van der Waals surface area contributed by atoms with Crippen LogP contribution in [0.2, 0.25) is 0 Å². The number of nitrogens with zero attached hydrogens (tertiary/aromatic N) is 2. The minimum atomic E-state index is -3.48. The van der Waals surface area contributed by atoms with Crippen molar-refractivity contribution in [2.45, 2.75) is 11.8 Å². The van der Waals surface area contributed by atoms with E-state index >= 15 is 0 Å². The lowest BCUT2D eigenvalue weighted by atomic mass is 10.2. The normalized spacial score (nSPS) is 16.0. The second-order valence-electron chi connectivity index (χ2n) is 5.74. The fraction of sp³-hybridized carbons (Fsp3) is 0.316. The van der Waals surface area contributed by atoms with Crippen molar-refractivity contribution in [2.75, 3.05) is 32.9 Å². The zero-order valence-corrected chi connectivity index (χ0v) is 15.5. The summed E-state index contributed by atoms with van der Waals surface area (Å²) in [5.74, 6) is 0.769. The average molecular weight is 374 g/mol. The molecule has 1 saturated heterocycles. The summed E-state index contributed by atoms with van der Waals surface area (Å²) in [6.45, 7) is 4.15. The van der Waals surface area contributed by atoms with Crippen LogP contribution in [0.25, 0.3) is 0 Å². The van der Waals surface area contributed by atoms with Gasteiger partial charge in [-0.25, -0.2) is 8.42 Å². The van der Waals surface area contributed by atoms with Crippen molar-refractivity contribution in [3.8, 4) is 5.75 Å². The molecule has 1 aliphatic rings. The van der Waals surface area contributed by atoms with Gasteiger partial charge in [-0.1, -0.05) is 12.1 Å². The molecule has 2 aromatic carbocycles. The second-order valence-corrected chi connectivity index (χ2v) is 7.68. The highest BCUT2D eigenvalue weighted by molar-refractivity contribution is 7.89. The highest BCUT2D eigenvalue weighted by Crippen LogP contribution is 2.22. The van der Waals surface area contributed by atoms with E-state index in [0.29, 0.717) is 38.6 Å². The molecule has 2 aromatic rings. The standard InChI is InChI=1S/C19H22N2O4S/c1-2-25-19-6-4-3-5-16(19)15-20-17-7-9-18(10-8-17)26(22,23)21-11-13-24-14-12-21/h3-10,15H,2,11-14H2,1H3. The summed E-state index contributed by atoms with van der Waals surface area (Å²) >= 11 is 0. The molecule has 0 amide bonds. The van der Waals surface area contributed by atoms with Gasteiger partial charge in [0.25, 0.3) is 0 Å². The maximum atomic E-state index is 12.6. The second kappa shape index (κ2) is 8.44. The van der Waals surface area contributed by atoms with Gasteiger partial charge in [0.2, 0.25) is 10.0 Å². The van der Waals surface area contributed by atoms with Crippen LogP contribution in [0.4, 0.5) is 5.69 Å². The molecule has 3 rings (SSSR count). The molecule has 0 saturated carbocycles. The Balaban J connectivity index is 1.76. The Morgan fingerprint density at radius 1 is 1.12 bits per heavy atom. The quantitative estimate of drug-likeness (QED) is 0.729. The zero-order chi connectivity index (χ0) is 18.4. The first kappa shape index (κ1) is 18.6. The minimum absolute atomic E-state index is 0.271. The van der Waals surface area contributed by atoms with Crippen molar-refractivity contribution >= 4 is 21.9 Å². The molecule has 6 nitrogen and oxygen atoms in total. The Labute approximate surface area is 154 Å². The van der Waals surface area contributed by atoms with E-state index in [2.05, 4.69) is 4.99 Å². The van der Waals surface area contributed by atoms with E-state index in [1.165, 1.54) is 4.31 Å². The van der Waals surface area contributed by atoms with Gasteiger partial charge < -0.3 is 9.47 Å². The van der Waals surface area contributed by atoms with Crippen LogP contribution in [-0.4, -0.2) is 51.8 Å². The smallest absolute Gasteiger partial charge is 0.243 e. The molecule has 138 valence electrons. The monoisotopic (exact) mass is 374 g/mol. The number of morpholine rings is 1. The molecule has 0 spiro atoms. The summed E-state index contributed by atoms with van der Waals surface area (Å²) < 4.78 is 37.5. The Kier molecular flexibility index (Phi) is 6.03. The Bertz CT molecular complexity index is 857. The third-order valence-corrected chi connectivity index (χ3v) is 5.93. The van der Waals surface area contributed by atoms with Gasteiger partial charge in [-0.05, 0) is 43.3 Å². The molecule has 7 heteroatoms. The molecular weight excluding hydrogens is 352 g/mol. The Hall–Kier alpha value is -2.22. The molecule has 1 aliphatic heterocycles. The van der Waals surface area contributed by atoms with Crippen LogP contribution in [-0.2, 0) is 14.8 Å². The van der Waals surface area contributed by atoms with Crippen molar-refractivity contribution in [2.24, 2.45) is 4.99 Å². The molecule has 0 bridgehead atoms. The van der Waals surface area contributed by atoms with Gasteiger partial charge in [0.15, 0.2) is 0 Å². The molecule has 0 unspecified atom stereocenters. The summed E-state index contributed by atoms with van der Waals surface area (Å²) in [4.78, 5) is 4.69. The molecule has 1 heterocycles. The van der Waals surface area contributed by atoms with Crippen molar-refractivity contribution in [3.05, 3.63) is 54.1 Å². The predicted octanol–water partition coefficient (Wildman–Crippen LogP) is 2.86. The number of benzene rings is 2. The van der Waals surface area contributed by atoms with Crippen LogP contribution in [0.3, 0.4) is 0 Å². The molecule has 0 radical (unpaired) electrons. The molecule has 0 aromatic heterocycles. The predicted molar refractivity (Wildman–Crippen MR) is 101 cm³/mol. The lowest BCUT2D eigenvalue weighted by Crippen LogP contribution is -2.40. The van der Waals surface area contributed by atoms with Crippen molar-refractivity contribution in [1.29, 1.82) is 0 Å². The van der Waals surface area contributed by atoms with Crippen LogP contribution in [0, 0.1) is 0 Å². The molecular formula is C19H22N2O4S. The van der Waals surface area contributed by atoms with Gasteiger partial charge in [-0.2, -0.15) is 4.31 Å². The number of aliphatic imine (C=N–C) groups is 1. The number of hydrogen-bond donors (Lipinski definition) is 0. The fourth-order valence-electron chi connectivity index (χ4n) is 2.66. The summed E-state index contributed by atoms with van der Waals surface area (Å²) in [5, 5.41) is 0. The van der Waals surface area contributed by atoms with Crippen molar-refractivity contribution < 1.29 is 17.9 Å². The largest absolute Gasteiger partial charge is 0.493 e. The van der Waals surface area contributed by atoms with Gasteiger partial charge in [0.05, 0.1) is 30.4 Å². The average Bonchev–Trinajstić information content (AvgIpc) is 2.68. The van der Waals surface area contributed by atoms with Gasteiger partial charge in [-0.15, -0.1) is 0 Å². The molecule has 0 N–H and O–H groups in total. The summed E-state index contributed by atoms with van der Waals surface area (Å²) in [5.41, 5.74) is 1.55. The van der Waals surface area contributed by atoms with Crippen LogP contribution in [0.1, 0.15) is 12.5 Å². The first-order chi connectivity index (χ1) is 12.6. The van der Waals surface area contributed by atoms with E-state index in [4.69, 9.17) is 9.47 Å². The fourth-order valence-corrected chi connectivity index (χ4v) is 4.07. The van der Waals surface area contributed by atoms with E-state index in [0.717, 1.165) is 11.3 Å².